The van der Waals surface area contributed by atoms with E-state index in [-0.39, 0.29) is 0 Å². The second-order valence-corrected chi connectivity index (χ2v) is 4.06. The molecule has 0 radical (unpaired) electrons. The quantitative estimate of drug-likeness (QED) is 0.674. The molecule has 0 saturated heterocycles. The summed E-state index contributed by atoms with van der Waals surface area (Å²) in [6, 6.07) is 0.754. The van der Waals surface area contributed by atoms with E-state index < -0.39 is 0 Å². The summed E-state index contributed by atoms with van der Waals surface area (Å²) < 4.78 is 0. The molecule has 1 aliphatic rings. The second-order valence-electron chi connectivity index (χ2n) is 3.69. The summed E-state index contributed by atoms with van der Waals surface area (Å²) in [5, 5.41) is 3.51. The molecule has 0 atom stereocenters. The van der Waals surface area contributed by atoms with Crippen molar-refractivity contribution < 1.29 is 0 Å². The number of hydrogen-bond donors (Lipinski definition) is 1. The first-order chi connectivity index (χ1) is 5.93. The lowest BCUT2D eigenvalue weighted by Gasteiger charge is -2.20. The smallest absolute Gasteiger partial charge is 0.0348 e. The fraction of sp³-hybridized carbons (Fsp3) is 1.00. The second kappa shape index (κ2) is 6.73. The van der Waals surface area contributed by atoms with Gasteiger partial charge in [-0.1, -0.05) is 32.1 Å². The number of nitrogens with one attached hydrogen (secondary N) is 1. The highest BCUT2D eigenvalue weighted by Gasteiger charge is 2.09. The Morgan fingerprint density at radius 2 is 1.58 bits per heavy atom. The fourth-order valence-electron chi connectivity index (χ4n) is 1.92. The van der Waals surface area contributed by atoms with Crippen molar-refractivity contribution in [3.63, 3.8) is 0 Å². The first kappa shape index (κ1) is 10.3. The summed E-state index contributed by atoms with van der Waals surface area (Å²) >= 11 is 5.63. The van der Waals surface area contributed by atoms with Gasteiger partial charge in [0.05, 0.1) is 0 Å². The highest BCUT2D eigenvalue weighted by Crippen LogP contribution is 2.16. The third-order valence-electron chi connectivity index (χ3n) is 2.63. The number of alkyl halides is 1. The molecule has 0 aromatic carbocycles. The first-order valence-electron chi connectivity index (χ1n) is 5.23. The van der Waals surface area contributed by atoms with Gasteiger partial charge in [0.15, 0.2) is 0 Å². The van der Waals surface area contributed by atoms with E-state index in [0.29, 0.717) is 0 Å². The normalized spacial score (nSPS) is 21.8. The molecule has 1 rings (SSSR count). The lowest BCUT2D eigenvalue weighted by atomic mass is 9.97. The standard InChI is InChI=1S/C10H20ClN/c11-8-9-12-10-6-4-2-1-3-5-7-10/h10,12H,1-9H2. The van der Waals surface area contributed by atoms with Crippen molar-refractivity contribution in [3.8, 4) is 0 Å². The van der Waals surface area contributed by atoms with Crippen LogP contribution < -0.4 is 5.32 Å². The lowest BCUT2D eigenvalue weighted by molar-refractivity contribution is 0.397. The van der Waals surface area contributed by atoms with Crippen molar-refractivity contribution in [1.29, 1.82) is 0 Å². The predicted molar refractivity (Wildman–Crippen MR) is 54.8 cm³/mol. The molecule has 0 aliphatic heterocycles. The molecule has 1 saturated carbocycles. The largest absolute Gasteiger partial charge is 0.313 e. The van der Waals surface area contributed by atoms with Gasteiger partial charge in [-0.05, 0) is 12.8 Å². The predicted octanol–water partition coefficient (Wildman–Crippen LogP) is 2.93. The van der Waals surface area contributed by atoms with E-state index >= 15 is 0 Å². The van der Waals surface area contributed by atoms with Crippen LogP contribution in [0, 0.1) is 0 Å². The van der Waals surface area contributed by atoms with Crippen LogP contribution in [0.5, 0.6) is 0 Å². The van der Waals surface area contributed by atoms with Crippen molar-refractivity contribution >= 4 is 11.6 Å². The molecule has 2 heteroatoms. The van der Waals surface area contributed by atoms with E-state index in [2.05, 4.69) is 5.32 Å². The zero-order valence-electron chi connectivity index (χ0n) is 7.82. The van der Waals surface area contributed by atoms with Gasteiger partial charge in [-0.2, -0.15) is 0 Å². The zero-order valence-corrected chi connectivity index (χ0v) is 8.58. The maximum absolute atomic E-state index is 5.63. The van der Waals surface area contributed by atoms with Crippen LogP contribution >= 0.6 is 11.6 Å². The van der Waals surface area contributed by atoms with Crippen LogP contribution in [0.15, 0.2) is 0 Å². The minimum atomic E-state index is 0.747. The average molecular weight is 190 g/mol. The summed E-state index contributed by atoms with van der Waals surface area (Å²) in [5.41, 5.74) is 0. The highest BCUT2D eigenvalue weighted by molar-refractivity contribution is 6.18. The van der Waals surface area contributed by atoms with Crippen LogP contribution in [-0.4, -0.2) is 18.5 Å². The Hall–Kier alpha value is 0.250. The van der Waals surface area contributed by atoms with Crippen molar-refractivity contribution in [2.24, 2.45) is 0 Å². The Morgan fingerprint density at radius 1 is 1.00 bits per heavy atom. The molecule has 1 N–H and O–H groups in total. The molecule has 0 heterocycles. The molecular formula is C10H20ClN. The Labute approximate surface area is 80.9 Å². The van der Waals surface area contributed by atoms with Crippen LogP contribution in [-0.2, 0) is 0 Å². The van der Waals surface area contributed by atoms with Gasteiger partial charge in [-0.3, -0.25) is 0 Å². The van der Waals surface area contributed by atoms with E-state index in [1.807, 2.05) is 0 Å². The maximum Gasteiger partial charge on any atom is 0.0348 e. The molecule has 0 spiro atoms. The van der Waals surface area contributed by atoms with E-state index in [1.54, 1.807) is 0 Å². The summed E-state index contributed by atoms with van der Waals surface area (Å²) in [7, 11) is 0. The van der Waals surface area contributed by atoms with Crippen molar-refractivity contribution in [3.05, 3.63) is 0 Å². The summed E-state index contributed by atoms with van der Waals surface area (Å²) in [4.78, 5) is 0. The monoisotopic (exact) mass is 189 g/mol. The molecule has 0 bridgehead atoms. The molecule has 1 fully saturated rings. The van der Waals surface area contributed by atoms with Crippen LogP contribution in [0.25, 0.3) is 0 Å². The Balaban J connectivity index is 2.11. The molecule has 0 unspecified atom stereocenters. The van der Waals surface area contributed by atoms with E-state index in [1.165, 1.54) is 44.9 Å². The van der Waals surface area contributed by atoms with E-state index in [4.69, 9.17) is 11.6 Å². The van der Waals surface area contributed by atoms with E-state index in [9.17, 15) is 0 Å². The van der Waals surface area contributed by atoms with Gasteiger partial charge in [0.25, 0.3) is 0 Å². The third-order valence-corrected chi connectivity index (χ3v) is 2.82. The van der Waals surface area contributed by atoms with Gasteiger partial charge < -0.3 is 5.32 Å². The van der Waals surface area contributed by atoms with Gasteiger partial charge in [0, 0.05) is 18.5 Å². The minimum Gasteiger partial charge on any atom is -0.313 e. The van der Waals surface area contributed by atoms with Crippen molar-refractivity contribution in [2.45, 2.75) is 51.0 Å². The van der Waals surface area contributed by atoms with Gasteiger partial charge >= 0.3 is 0 Å². The average Bonchev–Trinajstić information content (AvgIpc) is 2.02. The lowest BCUT2D eigenvalue weighted by Crippen LogP contribution is -2.31. The highest BCUT2D eigenvalue weighted by atomic mass is 35.5. The Morgan fingerprint density at radius 3 is 2.17 bits per heavy atom. The molecule has 0 aromatic heterocycles. The van der Waals surface area contributed by atoms with Gasteiger partial charge in [-0.15, -0.1) is 11.6 Å². The molecule has 72 valence electrons. The van der Waals surface area contributed by atoms with Crippen LogP contribution in [0.4, 0.5) is 0 Å². The van der Waals surface area contributed by atoms with Gasteiger partial charge in [0.2, 0.25) is 0 Å². The van der Waals surface area contributed by atoms with Crippen molar-refractivity contribution in [1.82, 2.24) is 5.32 Å². The number of rotatable bonds is 3. The molecular weight excluding hydrogens is 170 g/mol. The SMILES string of the molecule is ClCCNC1CCCCCCC1. The Bertz CT molecular complexity index is 95.3. The van der Waals surface area contributed by atoms with Crippen LogP contribution in [0.2, 0.25) is 0 Å². The first-order valence-corrected chi connectivity index (χ1v) is 5.76. The van der Waals surface area contributed by atoms with Crippen LogP contribution in [0.1, 0.15) is 44.9 Å². The zero-order chi connectivity index (χ0) is 8.65. The van der Waals surface area contributed by atoms with Gasteiger partial charge in [-0.25, -0.2) is 0 Å². The van der Waals surface area contributed by atoms with E-state index in [0.717, 1.165) is 18.5 Å². The summed E-state index contributed by atoms with van der Waals surface area (Å²) in [5.74, 6) is 0.747. The fourth-order valence-corrected chi connectivity index (χ4v) is 2.03. The summed E-state index contributed by atoms with van der Waals surface area (Å²) in [6.07, 6.45) is 9.83. The Kier molecular flexibility index (Phi) is 5.80. The maximum atomic E-state index is 5.63. The molecule has 1 aliphatic carbocycles. The summed E-state index contributed by atoms with van der Waals surface area (Å²) in [6.45, 7) is 0.978. The minimum absolute atomic E-state index is 0.747. The third kappa shape index (κ3) is 4.32. The van der Waals surface area contributed by atoms with Crippen molar-refractivity contribution in [2.75, 3.05) is 12.4 Å². The van der Waals surface area contributed by atoms with Gasteiger partial charge in [0.1, 0.15) is 0 Å². The molecule has 1 nitrogen and oxygen atoms in total. The molecule has 0 aromatic rings. The van der Waals surface area contributed by atoms with Crippen LogP contribution in [0.3, 0.4) is 0 Å². The topological polar surface area (TPSA) is 12.0 Å². The molecule has 0 amide bonds. The number of hydrogen-bond acceptors (Lipinski definition) is 1. The molecule has 12 heavy (non-hydrogen) atoms. The number of halogens is 1.